The number of fused-ring (bicyclic) bond motifs is 5. The summed E-state index contributed by atoms with van der Waals surface area (Å²) in [5, 5.41) is -0.195. The number of carbonyl (C=O) groups is 3. The Morgan fingerprint density at radius 2 is 1.79 bits per heavy atom. The lowest BCUT2D eigenvalue weighted by atomic mass is 9.84. The van der Waals surface area contributed by atoms with Crippen LogP contribution in [-0.2, 0) is 14.4 Å². The van der Waals surface area contributed by atoms with Crippen LogP contribution in [0.25, 0.3) is 6.08 Å². The van der Waals surface area contributed by atoms with Crippen molar-refractivity contribution < 1.29 is 18.8 Å². The van der Waals surface area contributed by atoms with Gasteiger partial charge in [-0.25, -0.2) is 9.29 Å². The Morgan fingerprint density at radius 3 is 2.52 bits per heavy atom. The molecule has 2 saturated heterocycles. The summed E-state index contributed by atoms with van der Waals surface area (Å²) in [5.41, 5.74) is 7.60. The van der Waals surface area contributed by atoms with Gasteiger partial charge in [0.25, 0.3) is 0 Å². The fourth-order valence-corrected chi connectivity index (χ4v) is 4.94. The van der Waals surface area contributed by atoms with Crippen LogP contribution in [0.15, 0.2) is 48.7 Å². The molecule has 0 spiro atoms. The first-order valence-electron chi connectivity index (χ1n) is 9.07. The Labute approximate surface area is 170 Å². The predicted octanol–water partition coefficient (Wildman–Crippen LogP) is 2.48. The highest BCUT2D eigenvalue weighted by Gasteiger charge is 2.64. The molecule has 2 fully saturated rings. The molecule has 3 aliphatic rings. The Bertz CT molecular complexity index is 1120. The number of carbonyl (C=O) groups excluding carboxylic acids is 3. The zero-order chi connectivity index (χ0) is 20.4. The third-order valence-electron chi connectivity index (χ3n) is 5.91. The SMILES string of the molecule is NC(=O)[C@@H]1[C@@H]2C(=O)N(c3ccc(F)c(Cl)c3)C(=O)[C@H]2[C@H]2c3ccccc3C=CN12. The van der Waals surface area contributed by atoms with Crippen molar-refractivity contribution in [1.29, 1.82) is 0 Å². The quantitative estimate of drug-likeness (QED) is 0.769. The van der Waals surface area contributed by atoms with Crippen LogP contribution in [0.5, 0.6) is 0 Å². The van der Waals surface area contributed by atoms with E-state index in [1.807, 2.05) is 30.3 Å². The second kappa shape index (κ2) is 6.15. The molecule has 2 aromatic rings. The fourth-order valence-electron chi connectivity index (χ4n) is 4.76. The zero-order valence-electron chi connectivity index (χ0n) is 15.0. The van der Waals surface area contributed by atoms with E-state index >= 15 is 0 Å². The smallest absolute Gasteiger partial charge is 0.240 e. The first kappa shape index (κ1) is 17.9. The molecule has 3 aliphatic heterocycles. The molecule has 8 heteroatoms. The van der Waals surface area contributed by atoms with Gasteiger partial charge in [-0.2, -0.15) is 0 Å². The van der Waals surface area contributed by atoms with Crippen molar-refractivity contribution in [3.63, 3.8) is 0 Å². The number of amides is 3. The van der Waals surface area contributed by atoms with E-state index in [4.69, 9.17) is 17.3 Å². The lowest BCUT2D eigenvalue weighted by Gasteiger charge is -2.34. The first-order valence-corrected chi connectivity index (χ1v) is 9.44. The molecule has 0 aliphatic carbocycles. The number of rotatable bonds is 2. The molecule has 0 unspecified atom stereocenters. The van der Waals surface area contributed by atoms with E-state index in [1.54, 1.807) is 11.1 Å². The van der Waals surface area contributed by atoms with Gasteiger partial charge >= 0.3 is 0 Å². The van der Waals surface area contributed by atoms with Gasteiger partial charge in [-0.1, -0.05) is 35.9 Å². The van der Waals surface area contributed by atoms with Crippen molar-refractivity contribution in [2.75, 3.05) is 4.90 Å². The highest BCUT2D eigenvalue weighted by molar-refractivity contribution is 6.31. The number of nitrogens with zero attached hydrogens (tertiary/aromatic N) is 2. The number of hydrogen-bond acceptors (Lipinski definition) is 4. The second-order valence-electron chi connectivity index (χ2n) is 7.35. The van der Waals surface area contributed by atoms with Crippen LogP contribution in [0.3, 0.4) is 0 Å². The zero-order valence-corrected chi connectivity index (χ0v) is 15.7. The summed E-state index contributed by atoms with van der Waals surface area (Å²) in [6, 6.07) is 9.74. The monoisotopic (exact) mass is 411 g/mol. The number of imide groups is 1. The van der Waals surface area contributed by atoms with Crippen LogP contribution in [0, 0.1) is 17.7 Å². The lowest BCUT2D eigenvalue weighted by Crippen LogP contribution is -2.46. The maximum Gasteiger partial charge on any atom is 0.240 e. The molecule has 2 N–H and O–H groups in total. The molecule has 146 valence electrons. The van der Waals surface area contributed by atoms with E-state index in [0.717, 1.165) is 22.1 Å². The Hall–Kier alpha value is -3.19. The number of nitrogens with two attached hydrogens (primary N) is 1. The lowest BCUT2D eigenvalue weighted by molar-refractivity contribution is -0.129. The first-order chi connectivity index (χ1) is 13.9. The van der Waals surface area contributed by atoms with Crippen LogP contribution < -0.4 is 10.6 Å². The van der Waals surface area contributed by atoms with Crippen molar-refractivity contribution in [1.82, 2.24) is 4.90 Å². The molecule has 0 saturated carbocycles. The molecule has 0 aromatic heterocycles. The molecule has 5 rings (SSSR count). The van der Waals surface area contributed by atoms with Gasteiger partial charge in [-0.3, -0.25) is 14.4 Å². The Morgan fingerprint density at radius 1 is 1.07 bits per heavy atom. The molecule has 4 atom stereocenters. The van der Waals surface area contributed by atoms with Crippen molar-refractivity contribution >= 4 is 41.1 Å². The highest BCUT2D eigenvalue weighted by Crippen LogP contribution is 2.53. The third kappa shape index (κ3) is 2.37. The average Bonchev–Trinajstić information content (AvgIpc) is 3.17. The standard InChI is InChI=1S/C21H15ClFN3O3/c22-13-9-11(5-6-14(13)23)26-20(28)15-16(21(26)29)18(19(24)27)25-8-7-10-3-1-2-4-12(10)17(15)25/h1-9,15-18H,(H2,24,27)/t15-,16-,17-,18+/m1/s1. The predicted molar refractivity (Wildman–Crippen MR) is 104 cm³/mol. The van der Waals surface area contributed by atoms with Crippen molar-refractivity contribution in [2.24, 2.45) is 17.6 Å². The van der Waals surface area contributed by atoms with Crippen molar-refractivity contribution in [2.45, 2.75) is 12.1 Å². The summed E-state index contributed by atoms with van der Waals surface area (Å²) < 4.78 is 13.6. The normalized spacial score (nSPS) is 27.1. The van der Waals surface area contributed by atoms with Crippen molar-refractivity contribution in [3.8, 4) is 0 Å². The molecule has 6 nitrogen and oxygen atoms in total. The van der Waals surface area contributed by atoms with Gasteiger partial charge in [-0.15, -0.1) is 0 Å². The Balaban J connectivity index is 1.65. The summed E-state index contributed by atoms with van der Waals surface area (Å²) in [4.78, 5) is 41.7. The topological polar surface area (TPSA) is 83.7 Å². The van der Waals surface area contributed by atoms with E-state index in [-0.39, 0.29) is 10.7 Å². The van der Waals surface area contributed by atoms with Gasteiger partial charge in [-0.05, 0) is 35.4 Å². The molecule has 0 radical (unpaired) electrons. The van der Waals surface area contributed by atoms with E-state index in [2.05, 4.69) is 0 Å². The molecule has 29 heavy (non-hydrogen) atoms. The average molecular weight is 412 g/mol. The number of halogens is 2. The second-order valence-corrected chi connectivity index (χ2v) is 7.75. The number of benzene rings is 2. The van der Waals surface area contributed by atoms with Crippen LogP contribution in [0.2, 0.25) is 5.02 Å². The van der Waals surface area contributed by atoms with Gasteiger partial charge in [0.1, 0.15) is 11.9 Å². The van der Waals surface area contributed by atoms with Crippen molar-refractivity contribution in [3.05, 3.63) is 70.6 Å². The molecular weight excluding hydrogens is 397 g/mol. The molecule has 0 bridgehead atoms. The summed E-state index contributed by atoms with van der Waals surface area (Å²) in [6.45, 7) is 0. The largest absolute Gasteiger partial charge is 0.368 e. The van der Waals surface area contributed by atoms with E-state index in [0.29, 0.717) is 0 Å². The highest BCUT2D eigenvalue weighted by atomic mass is 35.5. The molecular formula is C21H15ClFN3O3. The van der Waals surface area contributed by atoms with Gasteiger partial charge < -0.3 is 10.6 Å². The van der Waals surface area contributed by atoms with E-state index in [9.17, 15) is 18.8 Å². The van der Waals surface area contributed by atoms with Crippen LogP contribution >= 0.6 is 11.6 Å². The maximum absolute atomic E-state index is 13.6. The Kier molecular flexibility index (Phi) is 3.79. The minimum atomic E-state index is -0.952. The maximum atomic E-state index is 13.6. The third-order valence-corrected chi connectivity index (χ3v) is 6.20. The fraction of sp³-hybridized carbons (Fsp3) is 0.190. The number of primary amides is 1. The van der Waals surface area contributed by atoms with Crippen LogP contribution in [-0.4, -0.2) is 28.7 Å². The minimum Gasteiger partial charge on any atom is -0.368 e. The van der Waals surface area contributed by atoms with Crippen LogP contribution in [0.4, 0.5) is 10.1 Å². The van der Waals surface area contributed by atoms with E-state index in [1.165, 1.54) is 12.1 Å². The molecule has 3 heterocycles. The minimum absolute atomic E-state index is 0.176. The van der Waals surface area contributed by atoms with Gasteiger partial charge in [0.2, 0.25) is 17.7 Å². The summed E-state index contributed by atoms with van der Waals surface area (Å²) in [6.07, 6.45) is 3.57. The van der Waals surface area contributed by atoms with Gasteiger partial charge in [0, 0.05) is 6.20 Å². The summed E-state index contributed by atoms with van der Waals surface area (Å²) >= 11 is 5.85. The summed E-state index contributed by atoms with van der Waals surface area (Å²) in [7, 11) is 0. The molecule has 2 aromatic carbocycles. The molecule has 3 amide bonds. The van der Waals surface area contributed by atoms with Gasteiger partial charge in [0.05, 0.1) is 28.6 Å². The number of anilines is 1. The number of hydrogen-bond donors (Lipinski definition) is 1. The summed E-state index contributed by atoms with van der Waals surface area (Å²) in [5.74, 6) is -4.02. The van der Waals surface area contributed by atoms with Crippen LogP contribution in [0.1, 0.15) is 17.2 Å². The van der Waals surface area contributed by atoms with Gasteiger partial charge in [0.15, 0.2) is 0 Å². The van der Waals surface area contributed by atoms with E-state index < -0.39 is 47.5 Å².